The molecule has 0 spiro atoms. The molecule has 2 N–H and O–H groups in total. The lowest BCUT2D eigenvalue weighted by Gasteiger charge is -2.30. The summed E-state index contributed by atoms with van der Waals surface area (Å²) in [7, 11) is 0. The molecule has 1 amide bonds. The summed E-state index contributed by atoms with van der Waals surface area (Å²) in [4.78, 5) is 27.7. The second kappa shape index (κ2) is 7.65. The first-order valence-electron chi connectivity index (χ1n) is 7.22. The Morgan fingerprint density at radius 2 is 2.08 bits per heavy atom. The monoisotopic (exact) mass is 361 g/mol. The predicted octanol–water partition coefficient (Wildman–Crippen LogP) is 3.06. The molecule has 2 atom stereocenters. The van der Waals surface area contributed by atoms with Gasteiger partial charge in [-0.3, -0.25) is 9.59 Å². The van der Waals surface area contributed by atoms with Crippen molar-refractivity contribution in [2.24, 2.45) is 16.6 Å². The Morgan fingerprint density at radius 3 is 2.62 bits per heavy atom. The normalized spacial score (nSPS) is 20.3. The fraction of sp³-hybridized carbons (Fsp3) is 0.294. The van der Waals surface area contributed by atoms with Gasteiger partial charge in [-0.2, -0.15) is 5.26 Å². The molecule has 1 heterocycles. The van der Waals surface area contributed by atoms with Crippen LogP contribution in [0.5, 0.6) is 0 Å². The van der Waals surface area contributed by atoms with E-state index in [0.717, 1.165) is 11.8 Å². The van der Waals surface area contributed by atoms with Crippen LogP contribution in [-0.2, 0) is 9.59 Å². The molecule has 1 aliphatic rings. The lowest BCUT2D eigenvalue weighted by Crippen LogP contribution is -2.31. The third kappa shape index (κ3) is 3.69. The van der Waals surface area contributed by atoms with E-state index in [-0.39, 0.29) is 11.5 Å². The first-order valence-corrected chi connectivity index (χ1v) is 8.58. The zero-order chi connectivity index (χ0) is 17.9. The maximum absolute atomic E-state index is 12.2. The molecule has 0 bridgehead atoms. The van der Waals surface area contributed by atoms with Gasteiger partial charge in [0.1, 0.15) is 10.8 Å². The topological polar surface area (TPSA) is 96.3 Å². The van der Waals surface area contributed by atoms with Gasteiger partial charge < -0.3 is 5.73 Å². The number of nitriles is 1. The molecule has 2 rings (SSSR count). The van der Waals surface area contributed by atoms with Crippen molar-refractivity contribution in [3.63, 3.8) is 0 Å². The first-order chi connectivity index (χ1) is 11.4. The number of hydrogen-bond acceptors (Lipinski definition) is 5. The van der Waals surface area contributed by atoms with Gasteiger partial charge >= 0.3 is 0 Å². The summed E-state index contributed by atoms with van der Waals surface area (Å²) in [6.07, 6.45) is 0. The molecule has 0 saturated carbocycles. The van der Waals surface area contributed by atoms with Crippen LogP contribution in [0.4, 0.5) is 0 Å². The maximum Gasteiger partial charge on any atom is 0.227 e. The van der Waals surface area contributed by atoms with Crippen molar-refractivity contribution in [1.82, 2.24) is 0 Å². The number of nitrogens with two attached hydrogens (primary N) is 1. The van der Waals surface area contributed by atoms with Crippen LogP contribution in [0.2, 0.25) is 5.02 Å². The number of aliphatic imine (C=N–C) groups is 1. The number of benzene rings is 1. The van der Waals surface area contributed by atoms with Crippen molar-refractivity contribution in [3.8, 4) is 6.07 Å². The van der Waals surface area contributed by atoms with Gasteiger partial charge in [0.2, 0.25) is 5.91 Å². The van der Waals surface area contributed by atoms with Crippen molar-refractivity contribution in [2.75, 3.05) is 5.75 Å². The molecule has 7 heteroatoms. The van der Waals surface area contributed by atoms with E-state index in [2.05, 4.69) is 11.1 Å². The van der Waals surface area contributed by atoms with Gasteiger partial charge in [0.25, 0.3) is 0 Å². The van der Waals surface area contributed by atoms with Crippen molar-refractivity contribution < 1.29 is 9.59 Å². The fourth-order valence-corrected chi connectivity index (χ4v) is 3.86. The lowest BCUT2D eigenvalue weighted by atomic mass is 9.75. The van der Waals surface area contributed by atoms with Crippen molar-refractivity contribution >= 4 is 40.8 Å². The molecule has 1 aliphatic heterocycles. The van der Waals surface area contributed by atoms with Crippen LogP contribution in [0.15, 0.2) is 39.9 Å². The quantitative estimate of drug-likeness (QED) is 0.871. The number of nitrogens with zero attached hydrogens (tertiary/aromatic N) is 2. The number of carbonyl (C=O) groups is 2. The average molecular weight is 362 g/mol. The second-order valence-corrected chi connectivity index (χ2v) is 6.80. The first kappa shape index (κ1) is 18.2. The van der Waals surface area contributed by atoms with Gasteiger partial charge in [-0.1, -0.05) is 41.6 Å². The number of Topliss-reactive ketones (excluding diaryl/α,β-unsaturated/α-hetero) is 1. The van der Waals surface area contributed by atoms with E-state index < -0.39 is 17.7 Å². The Labute approximate surface area is 149 Å². The molecule has 5 nitrogen and oxygen atoms in total. The lowest BCUT2D eigenvalue weighted by molar-refractivity contribution is -0.119. The van der Waals surface area contributed by atoms with E-state index in [1.165, 1.54) is 6.92 Å². The Morgan fingerprint density at radius 1 is 1.42 bits per heavy atom. The highest BCUT2D eigenvalue weighted by molar-refractivity contribution is 8.03. The Balaban J connectivity index is 2.62. The van der Waals surface area contributed by atoms with Crippen molar-refractivity contribution in [1.29, 1.82) is 5.26 Å². The minimum absolute atomic E-state index is 0.0112. The molecule has 0 aliphatic carbocycles. The number of carbonyl (C=O) groups excluding carboxylic acids is 2. The molecule has 0 aromatic heterocycles. The minimum Gasteiger partial charge on any atom is -0.369 e. The van der Waals surface area contributed by atoms with Gasteiger partial charge in [0.15, 0.2) is 0 Å². The molecule has 124 valence electrons. The predicted molar refractivity (Wildman–Crippen MR) is 95.8 cm³/mol. The van der Waals surface area contributed by atoms with Gasteiger partial charge in [-0.15, -0.1) is 0 Å². The van der Waals surface area contributed by atoms with E-state index in [1.807, 2.05) is 6.07 Å². The highest BCUT2D eigenvalue weighted by Gasteiger charge is 2.38. The molecule has 1 aromatic rings. The summed E-state index contributed by atoms with van der Waals surface area (Å²) < 4.78 is 0. The average Bonchev–Trinajstić information content (AvgIpc) is 2.52. The van der Waals surface area contributed by atoms with Crippen molar-refractivity contribution in [3.05, 3.63) is 45.5 Å². The molecule has 0 fully saturated rings. The number of ketones is 1. The molecular formula is C17H16ClN3O2S. The molecule has 24 heavy (non-hydrogen) atoms. The third-order valence-electron chi connectivity index (χ3n) is 3.75. The van der Waals surface area contributed by atoms with E-state index in [4.69, 9.17) is 17.3 Å². The largest absolute Gasteiger partial charge is 0.369 e. The summed E-state index contributed by atoms with van der Waals surface area (Å²) in [5.41, 5.74) is 6.81. The van der Waals surface area contributed by atoms with Crippen molar-refractivity contribution in [2.45, 2.75) is 19.8 Å². The summed E-state index contributed by atoms with van der Waals surface area (Å²) in [6.45, 7) is 3.22. The van der Waals surface area contributed by atoms with E-state index in [1.54, 1.807) is 25.1 Å². The summed E-state index contributed by atoms with van der Waals surface area (Å²) in [6, 6.07) is 9.27. The van der Waals surface area contributed by atoms with Gasteiger partial charge in [0, 0.05) is 16.7 Å². The molecule has 0 saturated heterocycles. The number of thioether (sulfide) groups is 1. The zero-order valence-electron chi connectivity index (χ0n) is 13.2. The number of halogens is 1. The van der Waals surface area contributed by atoms with Crippen LogP contribution < -0.4 is 5.73 Å². The van der Waals surface area contributed by atoms with Gasteiger partial charge in [0.05, 0.1) is 23.3 Å². The highest BCUT2D eigenvalue weighted by atomic mass is 35.5. The van der Waals surface area contributed by atoms with Crippen LogP contribution in [0.3, 0.4) is 0 Å². The second-order valence-electron chi connectivity index (χ2n) is 5.43. The van der Waals surface area contributed by atoms with E-state index >= 15 is 0 Å². The Bertz CT molecular complexity index is 795. The maximum atomic E-state index is 12.2. The van der Waals surface area contributed by atoms with Crippen LogP contribution in [-0.4, -0.2) is 23.2 Å². The number of amides is 1. The molecule has 1 unspecified atom stereocenters. The standard InChI is InChI=1S/C17H16ClN3O2S/c1-9-15(10(2)22)16(11-5-3-4-6-13(11)18)12(7-19)17(21-9)24-8-14(20)23/h3-6,15-16H,8H2,1-2H3,(H2,20,23)/t15?,16-/m1/s1. The minimum atomic E-state index is -0.558. The molecular weight excluding hydrogens is 346 g/mol. The zero-order valence-corrected chi connectivity index (χ0v) is 14.8. The van der Waals surface area contributed by atoms with E-state index in [9.17, 15) is 14.9 Å². The fourth-order valence-electron chi connectivity index (χ4n) is 2.79. The summed E-state index contributed by atoms with van der Waals surface area (Å²) >= 11 is 7.41. The smallest absolute Gasteiger partial charge is 0.227 e. The molecule has 1 aromatic carbocycles. The number of rotatable bonds is 5. The third-order valence-corrected chi connectivity index (χ3v) is 5.11. The number of allylic oxidation sites excluding steroid dienone is 1. The number of primary amides is 1. The summed E-state index contributed by atoms with van der Waals surface area (Å²) in [5.74, 6) is -1.66. The Hall–Kier alpha value is -2.10. The highest BCUT2D eigenvalue weighted by Crippen LogP contribution is 2.43. The number of hydrogen-bond donors (Lipinski definition) is 1. The Kier molecular flexibility index (Phi) is 5.81. The van der Waals surface area contributed by atoms with Gasteiger partial charge in [-0.05, 0) is 25.5 Å². The van der Waals surface area contributed by atoms with Crippen LogP contribution in [0, 0.1) is 17.2 Å². The van der Waals surface area contributed by atoms with E-state index in [0.29, 0.717) is 26.9 Å². The van der Waals surface area contributed by atoms with Crippen LogP contribution in [0.1, 0.15) is 25.3 Å². The van der Waals surface area contributed by atoms with Gasteiger partial charge in [-0.25, -0.2) is 4.99 Å². The molecule has 0 radical (unpaired) electrons. The van der Waals surface area contributed by atoms with Crippen LogP contribution in [0.25, 0.3) is 0 Å². The summed E-state index contributed by atoms with van der Waals surface area (Å²) in [5, 5.41) is 10.6. The van der Waals surface area contributed by atoms with Crippen LogP contribution >= 0.6 is 23.4 Å². The SMILES string of the molecule is CC(=O)C1C(C)=NC(SCC(N)=O)=C(C#N)[C@H]1c1ccccc1Cl.